The number of sulfonamides is 1. The molecule has 2 aromatic carbocycles. The van der Waals surface area contributed by atoms with Crippen molar-refractivity contribution >= 4 is 21.8 Å². The highest BCUT2D eigenvalue weighted by molar-refractivity contribution is 7.95. The van der Waals surface area contributed by atoms with Gasteiger partial charge < -0.3 is 18.9 Å². The molecular weight excluding hydrogens is 358 g/mol. The van der Waals surface area contributed by atoms with E-state index in [1.54, 1.807) is 43.5 Å². The summed E-state index contributed by atoms with van der Waals surface area (Å²) < 4.78 is 47.7. The van der Waals surface area contributed by atoms with Crippen molar-refractivity contribution in [2.24, 2.45) is 0 Å². The molecule has 140 valence electrons. The van der Waals surface area contributed by atoms with Gasteiger partial charge in [0.25, 0.3) is 10.0 Å². The Morgan fingerprint density at radius 1 is 0.846 bits per heavy atom. The molecule has 0 saturated heterocycles. The summed E-state index contributed by atoms with van der Waals surface area (Å²) >= 11 is 0. The predicted octanol–water partition coefficient (Wildman–Crippen LogP) is 3.13. The van der Waals surface area contributed by atoms with Crippen molar-refractivity contribution in [1.29, 1.82) is 0 Å². The molecule has 0 aliphatic heterocycles. The second-order valence-corrected chi connectivity index (χ2v) is 6.70. The molecule has 8 heteroatoms. The van der Waals surface area contributed by atoms with E-state index in [-0.39, 0.29) is 0 Å². The van der Waals surface area contributed by atoms with Gasteiger partial charge >= 0.3 is 0 Å². The molecule has 0 bridgehead atoms. The summed E-state index contributed by atoms with van der Waals surface area (Å²) in [6.45, 7) is 0. The highest BCUT2D eigenvalue weighted by atomic mass is 32.2. The lowest BCUT2D eigenvalue weighted by molar-refractivity contribution is 0.324. The van der Waals surface area contributed by atoms with Gasteiger partial charge in [-0.2, -0.15) is 0 Å². The van der Waals surface area contributed by atoms with Gasteiger partial charge in [-0.25, -0.2) is 8.42 Å². The first kappa shape index (κ1) is 19.5. The van der Waals surface area contributed by atoms with E-state index in [1.807, 2.05) is 0 Å². The van der Waals surface area contributed by atoms with Crippen molar-refractivity contribution in [3.8, 4) is 23.0 Å². The number of ether oxygens (including phenoxy) is 4. The zero-order chi connectivity index (χ0) is 19.2. The first-order valence-corrected chi connectivity index (χ1v) is 9.12. The van der Waals surface area contributed by atoms with Crippen molar-refractivity contribution in [2.45, 2.75) is 0 Å². The Balaban J connectivity index is 2.23. The fourth-order valence-corrected chi connectivity index (χ4v) is 3.09. The molecule has 0 unspecified atom stereocenters. The number of hydrogen-bond acceptors (Lipinski definition) is 6. The van der Waals surface area contributed by atoms with Crippen LogP contribution in [0.25, 0.3) is 6.08 Å². The smallest absolute Gasteiger partial charge is 0.255 e. The molecule has 0 saturated carbocycles. The van der Waals surface area contributed by atoms with Crippen LogP contribution in [-0.2, 0) is 10.0 Å². The second-order valence-electron chi connectivity index (χ2n) is 5.14. The summed E-state index contributed by atoms with van der Waals surface area (Å²) in [6, 6.07) is 9.87. The number of nitrogens with one attached hydrogen (secondary N) is 1. The van der Waals surface area contributed by atoms with Crippen LogP contribution in [0, 0.1) is 0 Å². The van der Waals surface area contributed by atoms with E-state index in [0.29, 0.717) is 34.2 Å². The van der Waals surface area contributed by atoms with Crippen molar-refractivity contribution in [2.75, 3.05) is 33.2 Å². The Bertz CT molecular complexity index is 850. The van der Waals surface area contributed by atoms with Gasteiger partial charge in [-0.15, -0.1) is 0 Å². The van der Waals surface area contributed by atoms with Gasteiger partial charge in [-0.05, 0) is 48.0 Å². The molecule has 2 rings (SSSR count). The Morgan fingerprint density at radius 3 is 1.88 bits per heavy atom. The molecule has 0 aromatic heterocycles. The molecule has 0 aliphatic rings. The lowest BCUT2D eigenvalue weighted by Gasteiger charge is -2.12. The fraction of sp³-hybridized carbons (Fsp3) is 0.222. The average molecular weight is 379 g/mol. The van der Waals surface area contributed by atoms with E-state index in [0.717, 1.165) is 5.41 Å². The van der Waals surface area contributed by atoms with E-state index in [4.69, 9.17) is 18.9 Å². The van der Waals surface area contributed by atoms with Gasteiger partial charge in [-0.1, -0.05) is 0 Å². The first-order valence-electron chi connectivity index (χ1n) is 7.57. The van der Waals surface area contributed by atoms with Crippen molar-refractivity contribution in [1.82, 2.24) is 0 Å². The second kappa shape index (κ2) is 8.48. The summed E-state index contributed by atoms with van der Waals surface area (Å²) in [5, 5.41) is 1.07. The standard InChI is InChI=1S/C18H21NO6S/c1-22-15-7-5-14(6-8-15)19-26(20,21)10-9-13-11-16(23-2)18(25-4)17(12-13)24-3/h5-12,19H,1-4H3. The van der Waals surface area contributed by atoms with E-state index < -0.39 is 10.0 Å². The van der Waals surface area contributed by atoms with Crippen molar-refractivity contribution in [3.63, 3.8) is 0 Å². The zero-order valence-corrected chi connectivity index (χ0v) is 15.8. The topological polar surface area (TPSA) is 83.1 Å². The van der Waals surface area contributed by atoms with Crippen molar-refractivity contribution in [3.05, 3.63) is 47.4 Å². The van der Waals surface area contributed by atoms with E-state index in [2.05, 4.69) is 4.72 Å². The van der Waals surface area contributed by atoms with Gasteiger partial charge in [0, 0.05) is 5.69 Å². The molecule has 7 nitrogen and oxygen atoms in total. The van der Waals surface area contributed by atoms with Gasteiger partial charge in [0.2, 0.25) is 5.75 Å². The van der Waals surface area contributed by atoms with Crippen LogP contribution in [0.4, 0.5) is 5.69 Å². The maximum Gasteiger partial charge on any atom is 0.255 e. The maximum atomic E-state index is 12.2. The van der Waals surface area contributed by atoms with E-state index >= 15 is 0 Å². The van der Waals surface area contributed by atoms with Gasteiger partial charge in [0.15, 0.2) is 11.5 Å². The van der Waals surface area contributed by atoms with Crippen LogP contribution in [0.5, 0.6) is 23.0 Å². The molecule has 0 fully saturated rings. The minimum absolute atomic E-state index is 0.431. The number of methoxy groups -OCH3 is 4. The largest absolute Gasteiger partial charge is 0.497 e. The molecule has 0 aliphatic carbocycles. The summed E-state index contributed by atoms with van der Waals surface area (Å²) in [6.07, 6.45) is 1.44. The minimum Gasteiger partial charge on any atom is -0.497 e. The van der Waals surface area contributed by atoms with Crippen LogP contribution in [-0.4, -0.2) is 36.9 Å². The summed E-state index contributed by atoms with van der Waals surface area (Å²) in [4.78, 5) is 0. The third kappa shape index (κ3) is 4.82. The van der Waals surface area contributed by atoms with Crippen LogP contribution < -0.4 is 23.7 Å². The highest BCUT2D eigenvalue weighted by Crippen LogP contribution is 2.38. The monoisotopic (exact) mass is 379 g/mol. The number of anilines is 1. The average Bonchev–Trinajstić information content (AvgIpc) is 2.65. The molecule has 26 heavy (non-hydrogen) atoms. The number of hydrogen-bond donors (Lipinski definition) is 1. The van der Waals surface area contributed by atoms with Gasteiger partial charge in [0.1, 0.15) is 5.75 Å². The van der Waals surface area contributed by atoms with Crippen LogP contribution in [0.3, 0.4) is 0 Å². The van der Waals surface area contributed by atoms with Crippen molar-refractivity contribution < 1.29 is 27.4 Å². The van der Waals surface area contributed by atoms with Gasteiger partial charge in [-0.3, -0.25) is 4.72 Å². The Kier molecular flexibility index (Phi) is 6.35. The van der Waals surface area contributed by atoms with E-state index in [9.17, 15) is 8.42 Å². The Morgan fingerprint density at radius 2 is 1.42 bits per heavy atom. The predicted molar refractivity (Wildman–Crippen MR) is 101 cm³/mol. The highest BCUT2D eigenvalue weighted by Gasteiger charge is 2.13. The molecule has 2 aromatic rings. The first-order chi connectivity index (χ1) is 12.4. The Hall–Kier alpha value is -2.87. The van der Waals surface area contributed by atoms with Gasteiger partial charge in [0.05, 0.1) is 33.8 Å². The fourth-order valence-electron chi connectivity index (χ4n) is 2.22. The van der Waals surface area contributed by atoms with Crippen LogP contribution in [0.1, 0.15) is 5.56 Å². The lowest BCUT2D eigenvalue weighted by atomic mass is 10.2. The zero-order valence-electron chi connectivity index (χ0n) is 15.0. The molecule has 0 atom stereocenters. The molecule has 0 spiro atoms. The third-order valence-electron chi connectivity index (χ3n) is 3.48. The summed E-state index contributed by atoms with van der Waals surface area (Å²) in [5.74, 6) is 1.95. The minimum atomic E-state index is -3.69. The Labute approximate surface area is 153 Å². The van der Waals surface area contributed by atoms with E-state index in [1.165, 1.54) is 27.4 Å². The third-order valence-corrected chi connectivity index (χ3v) is 4.49. The summed E-state index contributed by atoms with van der Waals surface area (Å²) in [5.41, 5.74) is 1.01. The normalized spacial score (nSPS) is 11.2. The van der Waals surface area contributed by atoms with Crippen LogP contribution >= 0.6 is 0 Å². The summed E-state index contributed by atoms with van der Waals surface area (Å²) in [7, 11) is 2.33. The molecule has 0 amide bonds. The SMILES string of the molecule is COc1ccc(NS(=O)(=O)C=Cc2cc(OC)c(OC)c(OC)c2)cc1. The number of rotatable bonds is 8. The lowest BCUT2D eigenvalue weighted by Crippen LogP contribution is -2.08. The maximum absolute atomic E-state index is 12.2. The molecular formula is C18H21NO6S. The van der Waals surface area contributed by atoms with Crippen LogP contribution in [0.2, 0.25) is 0 Å². The van der Waals surface area contributed by atoms with Crippen LogP contribution in [0.15, 0.2) is 41.8 Å². The molecule has 1 N–H and O–H groups in total. The molecule has 0 radical (unpaired) electrons. The quantitative estimate of drug-likeness (QED) is 0.759. The molecule has 0 heterocycles. The number of benzene rings is 2.